The Morgan fingerprint density at radius 2 is 1.77 bits per heavy atom. The Morgan fingerprint density at radius 3 is 2.62 bits per heavy atom. The van der Waals surface area contributed by atoms with E-state index in [1.807, 2.05) is 35.2 Å². The minimum absolute atomic E-state index is 0.0537. The fraction of sp³-hybridized carbons (Fsp3) is 0.414. The summed E-state index contributed by atoms with van der Waals surface area (Å²) in [5.41, 5.74) is 1.27. The Hall–Kier alpha value is -4.05. The topological polar surface area (TPSA) is 125 Å². The van der Waals surface area contributed by atoms with Gasteiger partial charge in [-0.25, -0.2) is 4.98 Å². The summed E-state index contributed by atoms with van der Waals surface area (Å²) in [7, 11) is 0. The first-order valence-electron chi connectivity index (χ1n) is 13.6. The number of aromatic nitrogens is 4. The predicted octanol–water partition coefficient (Wildman–Crippen LogP) is 2.50. The van der Waals surface area contributed by atoms with Crippen molar-refractivity contribution in [1.29, 1.82) is 0 Å². The van der Waals surface area contributed by atoms with Crippen LogP contribution < -0.4 is 4.74 Å². The van der Waals surface area contributed by atoms with Crippen molar-refractivity contribution in [3.8, 4) is 5.88 Å². The van der Waals surface area contributed by atoms with Crippen LogP contribution in [0.5, 0.6) is 5.88 Å². The van der Waals surface area contributed by atoms with Gasteiger partial charge in [-0.1, -0.05) is 18.2 Å². The molecule has 2 aromatic heterocycles. The van der Waals surface area contributed by atoms with Crippen LogP contribution in [-0.2, 0) is 0 Å². The van der Waals surface area contributed by atoms with Crippen molar-refractivity contribution in [2.45, 2.75) is 18.4 Å². The van der Waals surface area contributed by atoms with E-state index in [9.17, 15) is 14.7 Å². The zero-order valence-corrected chi connectivity index (χ0v) is 21.3. The maximum Gasteiger partial charge on any atom is 0.272 e. The molecule has 2 unspecified atom stereocenters. The second kappa shape index (κ2) is 8.22. The molecule has 4 aliphatic rings. The number of nitrogens with zero attached hydrogens (tertiary/aromatic N) is 5. The first-order chi connectivity index (χ1) is 19.0. The van der Waals surface area contributed by atoms with Crippen molar-refractivity contribution < 1.29 is 19.4 Å². The maximum absolute atomic E-state index is 13.6. The molecule has 4 heterocycles. The Kier molecular flexibility index (Phi) is 4.83. The molecule has 2 aliphatic carbocycles. The van der Waals surface area contributed by atoms with E-state index in [0.717, 1.165) is 10.8 Å². The number of fused-ring (bicyclic) bond motifs is 6. The van der Waals surface area contributed by atoms with Gasteiger partial charge in [0.15, 0.2) is 0 Å². The minimum Gasteiger partial charge on any atom is -0.477 e. The zero-order chi connectivity index (χ0) is 26.3. The number of carbonyl (C=O) groups excluding carboxylic acids is 2. The van der Waals surface area contributed by atoms with Crippen molar-refractivity contribution in [2.75, 3.05) is 32.8 Å². The number of carbonyl (C=O) groups is 2. The Bertz CT molecular complexity index is 1650. The lowest BCUT2D eigenvalue weighted by atomic mass is 9.56. The van der Waals surface area contributed by atoms with E-state index in [1.165, 1.54) is 12.8 Å². The quantitative estimate of drug-likeness (QED) is 0.411. The van der Waals surface area contributed by atoms with Crippen LogP contribution in [0, 0.1) is 23.7 Å². The molecule has 2 saturated carbocycles. The van der Waals surface area contributed by atoms with Crippen molar-refractivity contribution >= 4 is 33.6 Å². The van der Waals surface area contributed by atoms with Crippen LogP contribution in [0.3, 0.4) is 0 Å². The second-order valence-electron chi connectivity index (χ2n) is 11.6. The van der Waals surface area contributed by atoms with E-state index in [2.05, 4.69) is 20.4 Å². The molecule has 10 heteroatoms. The number of benzene rings is 2. The number of H-pyrrole nitrogens is 1. The van der Waals surface area contributed by atoms with E-state index in [4.69, 9.17) is 4.74 Å². The Labute approximate surface area is 223 Å². The van der Waals surface area contributed by atoms with Gasteiger partial charge in [0, 0.05) is 42.4 Å². The van der Waals surface area contributed by atoms with Gasteiger partial charge < -0.3 is 19.6 Å². The number of likely N-dealkylation sites (tertiary alicyclic amines) is 2. The van der Waals surface area contributed by atoms with Gasteiger partial charge in [0.2, 0.25) is 5.88 Å². The number of ether oxygens (including phenoxy) is 1. The molecule has 2 saturated heterocycles. The molecular weight excluding hydrogens is 496 g/mol. The summed E-state index contributed by atoms with van der Waals surface area (Å²) in [6.45, 7) is 2.37. The zero-order valence-electron chi connectivity index (χ0n) is 21.3. The molecular formula is C29H28N6O4. The summed E-state index contributed by atoms with van der Waals surface area (Å²) < 4.78 is 6.04. The molecule has 0 bridgehead atoms. The van der Waals surface area contributed by atoms with Crippen LogP contribution in [0.4, 0.5) is 0 Å². The lowest BCUT2D eigenvalue weighted by Crippen LogP contribution is -2.61. The highest BCUT2D eigenvalue weighted by molar-refractivity contribution is 5.99. The van der Waals surface area contributed by atoms with Gasteiger partial charge in [-0.3, -0.25) is 9.59 Å². The number of amides is 2. The van der Waals surface area contributed by atoms with Gasteiger partial charge in [0.25, 0.3) is 11.8 Å². The van der Waals surface area contributed by atoms with Gasteiger partial charge in [-0.05, 0) is 60.4 Å². The SMILES string of the molecule is O=C(c1ccc2n[nH]nc2c1)N1C[C@@H]2C3CN(C(=O)c4cc5ccccc5c(OCC5CC5)n4)CC3(O)[C@@H]2C1. The van der Waals surface area contributed by atoms with Crippen LogP contribution in [0.2, 0.25) is 0 Å². The summed E-state index contributed by atoms with van der Waals surface area (Å²) in [4.78, 5) is 35.1. The standard InChI is InChI=1S/C29H28N6O4/c36-27(18-7-8-23-24(10-18)32-33-31-23)34-11-20-21(12-34)29(38)15-35(13-22(20)29)28(37)25-9-17-3-1-2-4-19(17)26(30-25)39-14-16-5-6-16/h1-4,7-10,16,20-22,38H,5-6,11-15H2,(H,31,32,33)/t20-,21+,22?,29?/m0/s1. The molecule has 4 aromatic rings. The van der Waals surface area contributed by atoms with E-state index in [1.54, 1.807) is 23.1 Å². The van der Waals surface area contributed by atoms with Crippen molar-refractivity contribution in [3.63, 3.8) is 0 Å². The maximum atomic E-state index is 13.6. The van der Waals surface area contributed by atoms with Crippen molar-refractivity contribution in [2.24, 2.45) is 23.7 Å². The normalized spacial score (nSPS) is 27.5. The first-order valence-corrected chi connectivity index (χ1v) is 13.6. The molecule has 2 aliphatic heterocycles. The smallest absolute Gasteiger partial charge is 0.272 e. The number of pyridine rings is 1. The molecule has 4 atom stereocenters. The fourth-order valence-corrected chi connectivity index (χ4v) is 6.93. The van der Waals surface area contributed by atoms with Crippen molar-refractivity contribution in [3.05, 3.63) is 59.8 Å². The highest BCUT2D eigenvalue weighted by Crippen LogP contribution is 2.57. The predicted molar refractivity (Wildman–Crippen MR) is 141 cm³/mol. The average Bonchev–Trinajstić information content (AvgIpc) is 3.38. The minimum atomic E-state index is -0.992. The van der Waals surface area contributed by atoms with E-state index in [-0.39, 0.29) is 36.1 Å². The number of hydrogen-bond donors (Lipinski definition) is 2. The van der Waals surface area contributed by atoms with E-state index in [0.29, 0.717) is 60.3 Å². The monoisotopic (exact) mass is 524 g/mol. The third kappa shape index (κ3) is 3.54. The molecule has 0 spiro atoms. The molecule has 8 rings (SSSR count). The third-order valence-electron chi connectivity index (χ3n) is 9.24. The highest BCUT2D eigenvalue weighted by atomic mass is 16.5. The van der Waals surface area contributed by atoms with E-state index >= 15 is 0 Å². The lowest BCUT2D eigenvalue weighted by molar-refractivity contribution is -0.145. The van der Waals surface area contributed by atoms with Crippen LogP contribution in [-0.4, -0.2) is 85.5 Å². The van der Waals surface area contributed by atoms with Crippen LogP contribution in [0.25, 0.3) is 21.8 Å². The first kappa shape index (κ1) is 22.9. The summed E-state index contributed by atoms with van der Waals surface area (Å²) in [6.07, 6.45) is 2.35. The Morgan fingerprint density at radius 1 is 0.974 bits per heavy atom. The summed E-state index contributed by atoms with van der Waals surface area (Å²) in [5, 5.41) is 24.2. The fourth-order valence-electron chi connectivity index (χ4n) is 6.93. The van der Waals surface area contributed by atoms with Crippen molar-refractivity contribution in [1.82, 2.24) is 30.2 Å². The largest absolute Gasteiger partial charge is 0.477 e. The van der Waals surface area contributed by atoms with Gasteiger partial charge in [-0.15, -0.1) is 0 Å². The number of aromatic amines is 1. The number of nitrogens with one attached hydrogen (secondary N) is 1. The summed E-state index contributed by atoms with van der Waals surface area (Å²) in [5.74, 6) is 0.864. The Balaban J connectivity index is 0.994. The molecule has 2 amide bonds. The molecule has 39 heavy (non-hydrogen) atoms. The molecule has 2 aromatic carbocycles. The number of aliphatic hydroxyl groups is 1. The summed E-state index contributed by atoms with van der Waals surface area (Å²) in [6, 6.07) is 14.9. The number of hydrogen-bond acceptors (Lipinski definition) is 7. The average molecular weight is 525 g/mol. The number of rotatable bonds is 5. The lowest BCUT2D eigenvalue weighted by Gasteiger charge is -2.50. The third-order valence-corrected chi connectivity index (χ3v) is 9.24. The molecule has 4 fully saturated rings. The highest BCUT2D eigenvalue weighted by Gasteiger charge is 2.68. The molecule has 198 valence electrons. The van der Waals surface area contributed by atoms with Gasteiger partial charge in [0.05, 0.1) is 18.8 Å². The van der Waals surface area contributed by atoms with Gasteiger partial charge in [0.1, 0.15) is 16.7 Å². The molecule has 2 N–H and O–H groups in total. The van der Waals surface area contributed by atoms with E-state index < -0.39 is 5.60 Å². The molecule has 10 nitrogen and oxygen atoms in total. The van der Waals surface area contributed by atoms with Crippen LogP contribution in [0.1, 0.15) is 33.7 Å². The summed E-state index contributed by atoms with van der Waals surface area (Å²) >= 11 is 0. The van der Waals surface area contributed by atoms with Gasteiger partial charge in [-0.2, -0.15) is 15.4 Å². The number of β-amino-alcohol motifs (C(OH)–C–C–N with tert-alkyl or cyclic N) is 1. The van der Waals surface area contributed by atoms with Crippen LogP contribution >= 0.6 is 0 Å². The molecule has 0 radical (unpaired) electrons. The van der Waals surface area contributed by atoms with Gasteiger partial charge >= 0.3 is 0 Å². The van der Waals surface area contributed by atoms with Crippen LogP contribution in [0.15, 0.2) is 48.5 Å². The second-order valence-corrected chi connectivity index (χ2v) is 11.6.